The van der Waals surface area contributed by atoms with Crippen molar-refractivity contribution in [2.24, 2.45) is 4.99 Å². The third-order valence-corrected chi connectivity index (χ3v) is 4.94. The Labute approximate surface area is 163 Å². The molecule has 1 unspecified atom stereocenters. The fraction of sp³-hybridized carbons (Fsp3) is 0.227. The molecule has 28 heavy (non-hydrogen) atoms. The van der Waals surface area contributed by atoms with Crippen LogP contribution in [0.3, 0.4) is 0 Å². The molecule has 2 heterocycles. The van der Waals surface area contributed by atoms with Crippen molar-refractivity contribution < 1.29 is 19.3 Å². The number of hydrogen-bond acceptors (Lipinski definition) is 5. The molecule has 1 N–H and O–H groups in total. The molecular weight excluding hydrogens is 356 g/mol. The zero-order chi connectivity index (χ0) is 19.7. The first-order valence-corrected chi connectivity index (χ1v) is 8.97. The van der Waals surface area contributed by atoms with Crippen LogP contribution >= 0.6 is 0 Å². The van der Waals surface area contributed by atoms with E-state index in [1.165, 1.54) is 0 Å². The summed E-state index contributed by atoms with van der Waals surface area (Å²) in [5.74, 6) is 1.97. The summed E-state index contributed by atoms with van der Waals surface area (Å²) in [6, 6.07) is 15.0. The number of phenols is 1. The van der Waals surface area contributed by atoms with Crippen molar-refractivity contribution in [1.82, 2.24) is 4.57 Å². The van der Waals surface area contributed by atoms with Gasteiger partial charge in [-0.15, -0.1) is 0 Å². The number of aromatic nitrogens is 1. The summed E-state index contributed by atoms with van der Waals surface area (Å²) in [6.07, 6.45) is 2.05. The molecule has 4 rings (SSSR count). The van der Waals surface area contributed by atoms with Gasteiger partial charge in [-0.1, -0.05) is 12.1 Å². The lowest BCUT2D eigenvalue weighted by Gasteiger charge is -2.25. The van der Waals surface area contributed by atoms with Gasteiger partial charge in [0.1, 0.15) is 5.75 Å². The molecule has 0 spiro atoms. The molecule has 2 aromatic carbocycles. The first-order chi connectivity index (χ1) is 13.6. The van der Waals surface area contributed by atoms with Gasteiger partial charge in [0.2, 0.25) is 5.75 Å². The Bertz CT molecular complexity index is 996. The van der Waals surface area contributed by atoms with Crippen LogP contribution in [0, 0.1) is 0 Å². The zero-order valence-electron chi connectivity index (χ0n) is 16.0. The predicted octanol–water partition coefficient (Wildman–Crippen LogP) is 3.81. The van der Waals surface area contributed by atoms with Crippen LogP contribution in [-0.2, 0) is 6.54 Å². The lowest BCUT2D eigenvalue weighted by atomic mass is 10.0. The average molecular weight is 378 g/mol. The highest BCUT2D eigenvalue weighted by molar-refractivity contribution is 6.13. The third kappa shape index (κ3) is 3.07. The molecule has 1 atom stereocenters. The predicted molar refractivity (Wildman–Crippen MR) is 107 cm³/mol. The van der Waals surface area contributed by atoms with Gasteiger partial charge in [-0.3, -0.25) is 4.99 Å². The number of rotatable bonds is 5. The van der Waals surface area contributed by atoms with Crippen molar-refractivity contribution in [2.45, 2.75) is 12.6 Å². The van der Waals surface area contributed by atoms with Gasteiger partial charge in [0.05, 0.1) is 38.8 Å². The molecule has 1 aromatic heterocycles. The number of ether oxygens (including phenoxy) is 3. The molecular formula is C22H22N2O4. The minimum Gasteiger partial charge on any atom is -0.508 e. The molecule has 0 saturated carbocycles. The van der Waals surface area contributed by atoms with E-state index in [1.54, 1.807) is 33.5 Å². The van der Waals surface area contributed by atoms with Crippen molar-refractivity contribution in [3.8, 4) is 23.0 Å². The minimum atomic E-state index is -0.0606. The van der Waals surface area contributed by atoms with E-state index in [1.807, 2.05) is 30.3 Å². The Morgan fingerprint density at radius 2 is 1.64 bits per heavy atom. The van der Waals surface area contributed by atoms with E-state index < -0.39 is 0 Å². The number of fused-ring (bicyclic) bond motifs is 1. The van der Waals surface area contributed by atoms with Gasteiger partial charge in [-0.2, -0.15) is 0 Å². The van der Waals surface area contributed by atoms with E-state index in [2.05, 4.69) is 16.8 Å². The van der Waals surface area contributed by atoms with Gasteiger partial charge < -0.3 is 23.9 Å². The first kappa shape index (κ1) is 18.0. The molecule has 0 saturated heterocycles. The third-order valence-electron chi connectivity index (χ3n) is 4.94. The SMILES string of the molecule is COc1cc(C2=NC(c3ccc(O)cc3)Cn3cccc32)cc(OC)c1OC. The Hall–Kier alpha value is -3.41. The molecule has 0 amide bonds. The van der Waals surface area contributed by atoms with E-state index in [4.69, 9.17) is 19.2 Å². The van der Waals surface area contributed by atoms with E-state index in [0.29, 0.717) is 17.2 Å². The van der Waals surface area contributed by atoms with Crippen LogP contribution in [-0.4, -0.2) is 36.7 Å². The highest BCUT2D eigenvalue weighted by Gasteiger charge is 2.25. The largest absolute Gasteiger partial charge is 0.508 e. The van der Waals surface area contributed by atoms with Gasteiger partial charge in [-0.25, -0.2) is 0 Å². The Morgan fingerprint density at radius 1 is 0.964 bits per heavy atom. The number of nitrogens with zero attached hydrogens (tertiary/aromatic N) is 2. The van der Waals surface area contributed by atoms with E-state index >= 15 is 0 Å². The fourth-order valence-electron chi connectivity index (χ4n) is 3.55. The summed E-state index contributed by atoms with van der Waals surface area (Å²) in [4.78, 5) is 5.03. The van der Waals surface area contributed by atoms with Gasteiger partial charge >= 0.3 is 0 Å². The second-order valence-corrected chi connectivity index (χ2v) is 6.54. The van der Waals surface area contributed by atoms with Gasteiger partial charge in [0.25, 0.3) is 0 Å². The highest BCUT2D eigenvalue weighted by atomic mass is 16.5. The van der Waals surface area contributed by atoms with Crippen molar-refractivity contribution in [3.05, 3.63) is 71.5 Å². The Morgan fingerprint density at radius 3 is 2.25 bits per heavy atom. The number of aliphatic imine (C=N–C) groups is 1. The smallest absolute Gasteiger partial charge is 0.203 e. The lowest BCUT2D eigenvalue weighted by molar-refractivity contribution is 0.324. The second-order valence-electron chi connectivity index (χ2n) is 6.54. The Kier molecular flexibility index (Phi) is 4.69. The van der Waals surface area contributed by atoms with Crippen molar-refractivity contribution >= 4 is 5.71 Å². The second kappa shape index (κ2) is 7.31. The molecule has 6 nitrogen and oxygen atoms in total. The summed E-state index contributed by atoms with van der Waals surface area (Å²) in [5, 5.41) is 9.59. The number of aromatic hydroxyl groups is 1. The normalized spacial score (nSPS) is 15.5. The summed E-state index contributed by atoms with van der Waals surface area (Å²) in [5.41, 5.74) is 3.82. The summed E-state index contributed by atoms with van der Waals surface area (Å²) >= 11 is 0. The quantitative estimate of drug-likeness (QED) is 0.733. The van der Waals surface area contributed by atoms with Gasteiger partial charge in [0.15, 0.2) is 11.5 Å². The maximum Gasteiger partial charge on any atom is 0.203 e. The number of hydrogen-bond donors (Lipinski definition) is 1. The van der Waals surface area contributed by atoms with E-state index in [-0.39, 0.29) is 11.8 Å². The van der Waals surface area contributed by atoms with Crippen LogP contribution in [0.4, 0.5) is 0 Å². The monoisotopic (exact) mass is 378 g/mol. The molecule has 0 bridgehead atoms. The molecule has 0 fully saturated rings. The van der Waals surface area contributed by atoms with Gasteiger partial charge in [0, 0.05) is 18.3 Å². The lowest BCUT2D eigenvalue weighted by Crippen LogP contribution is -2.21. The van der Waals surface area contributed by atoms with Crippen LogP contribution in [0.1, 0.15) is 22.9 Å². The molecule has 3 aromatic rings. The molecule has 144 valence electrons. The summed E-state index contributed by atoms with van der Waals surface area (Å²) in [6.45, 7) is 0.737. The zero-order valence-corrected chi connectivity index (χ0v) is 16.0. The summed E-state index contributed by atoms with van der Waals surface area (Å²) in [7, 11) is 4.79. The molecule has 1 aliphatic heterocycles. The minimum absolute atomic E-state index is 0.0606. The van der Waals surface area contributed by atoms with Crippen LogP contribution in [0.15, 0.2) is 59.7 Å². The maximum atomic E-state index is 9.59. The van der Waals surface area contributed by atoms with Crippen LogP contribution in [0.5, 0.6) is 23.0 Å². The van der Waals surface area contributed by atoms with Crippen molar-refractivity contribution in [1.29, 1.82) is 0 Å². The van der Waals surface area contributed by atoms with Crippen molar-refractivity contribution in [2.75, 3.05) is 21.3 Å². The average Bonchev–Trinajstić information content (AvgIpc) is 3.21. The number of methoxy groups -OCH3 is 3. The van der Waals surface area contributed by atoms with E-state index in [0.717, 1.165) is 29.1 Å². The van der Waals surface area contributed by atoms with Crippen molar-refractivity contribution in [3.63, 3.8) is 0 Å². The number of phenolic OH excluding ortho intramolecular Hbond substituents is 1. The van der Waals surface area contributed by atoms with Crippen LogP contribution < -0.4 is 14.2 Å². The molecule has 0 radical (unpaired) electrons. The fourth-order valence-corrected chi connectivity index (χ4v) is 3.55. The molecule has 0 aliphatic carbocycles. The standard InChI is InChI=1S/C22H22N2O4/c1-26-19-11-15(12-20(27-2)22(19)28-3)21-18-5-4-10-24(18)13-17(23-21)14-6-8-16(25)9-7-14/h4-12,17,25H,13H2,1-3H3. The maximum absolute atomic E-state index is 9.59. The summed E-state index contributed by atoms with van der Waals surface area (Å²) < 4.78 is 18.6. The van der Waals surface area contributed by atoms with E-state index in [9.17, 15) is 5.11 Å². The molecule has 1 aliphatic rings. The van der Waals surface area contributed by atoms with Crippen LogP contribution in [0.2, 0.25) is 0 Å². The number of benzene rings is 2. The van der Waals surface area contributed by atoms with Gasteiger partial charge in [-0.05, 0) is 42.0 Å². The Balaban J connectivity index is 1.85. The molecule has 6 heteroatoms. The highest BCUT2D eigenvalue weighted by Crippen LogP contribution is 2.40. The topological polar surface area (TPSA) is 65.2 Å². The first-order valence-electron chi connectivity index (χ1n) is 8.97. The van der Waals surface area contributed by atoms with Crippen LogP contribution in [0.25, 0.3) is 0 Å².